The lowest BCUT2D eigenvalue weighted by Crippen LogP contribution is -2.12. The van der Waals surface area contributed by atoms with Gasteiger partial charge >= 0.3 is 0 Å². The van der Waals surface area contributed by atoms with Crippen molar-refractivity contribution in [3.63, 3.8) is 0 Å². The summed E-state index contributed by atoms with van der Waals surface area (Å²) in [6, 6.07) is 4.58. The first kappa shape index (κ1) is 14.7. The van der Waals surface area contributed by atoms with E-state index >= 15 is 0 Å². The van der Waals surface area contributed by atoms with Crippen molar-refractivity contribution in [3.8, 4) is 0 Å². The van der Waals surface area contributed by atoms with Crippen LogP contribution in [0.2, 0.25) is 5.02 Å². The Hall–Kier alpha value is -1.37. The fourth-order valence-electron chi connectivity index (χ4n) is 1.27. The molecule has 100 valence electrons. The zero-order chi connectivity index (χ0) is 13.4. The molecule has 7 heteroatoms. The number of ether oxygens (including phenoxy) is 2. The van der Waals surface area contributed by atoms with Crippen LogP contribution in [0.1, 0.15) is 0 Å². The van der Waals surface area contributed by atoms with Gasteiger partial charge in [-0.3, -0.25) is 10.1 Å². The minimum absolute atomic E-state index is 0.109. The molecule has 6 nitrogen and oxygen atoms in total. The van der Waals surface area contributed by atoms with Crippen LogP contribution in [0.3, 0.4) is 0 Å². The molecule has 0 aliphatic carbocycles. The average Bonchev–Trinajstić information content (AvgIpc) is 2.35. The van der Waals surface area contributed by atoms with Crippen LogP contribution >= 0.6 is 11.6 Å². The standard InChI is InChI=1S/C11H15ClN2O4/c1-17-6-7-18-5-4-13-9-2-3-10(12)11(8-9)14(15)16/h2-3,8,13H,4-7H2,1H3. The molecule has 0 heterocycles. The van der Waals surface area contributed by atoms with Crippen LogP contribution in [-0.4, -0.2) is 38.4 Å². The molecule has 1 rings (SSSR count). The molecule has 0 spiro atoms. The third kappa shape index (κ3) is 4.87. The molecular weight excluding hydrogens is 260 g/mol. The van der Waals surface area contributed by atoms with Crippen molar-refractivity contribution >= 4 is 23.0 Å². The van der Waals surface area contributed by atoms with Crippen molar-refractivity contribution < 1.29 is 14.4 Å². The first-order valence-electron chi connectivity index (χ1n) is 5.39. The number of hydrogen-bond donors (Lipinski definition) is 1. The SMILES string of the molecule is COCCOCCNc1ccc(Cl)c([N+](=O)[O-])c1. The van der Waals surface area contributed by atoms with Crippen molar-refractivity contribution in [1.82, 2.24) is 0 Å². The molecular formula is C11H15ClN2O4. The van der Waals surface area contributed by atoms with E-state index in [1.807, 2.05) is 0 Å². The van der Waals surface area contributed by atoms with Gasteiger partial charge in [0.15, 0.2) is 0 Å². The highest BCUT2D eigenvalue weighted by Gasteiger charge is 2.12. The van der Waals surface area contributed by atoms with Gasteiger partial charge < -0.3 is 14.8 Å². The molecule has 0 saturated carbocycles. The molecule has 0 saturated heterocycles. The van der Waals surface area contributed by atoms with Crippen LogP contribution < -0.4 is 5.32 Å². The molecule has 0 radical (unpaired) electrons. The first-order valence-corrected chi connectivity index (χ1v) is 5.77. The highest BCUT2D eigenvalue weighted by Crippen LogP contribution is 2.27. The highest BCUT2D eigenvalue weighted by molar-refractivity contribution is 6.32. The van der Waals surface area contributed by atoms with Gasteiger partial charge in [0, 0.05) is 25.4 Å². The predicted molar refractivity (Wildman–Crippen MR) is 69.3 cm³/mol. The number of benzene rings is 1. The predicted octanol–water partition coefficient (Wildman–Crippen LogP) is 2.32. The van der Waals surface area contributed by atoms with Crippen molar-refractivity contribution in [1.29, 1.82) is 0 Å². The fraction of sp³-hybridized carbons (Fsp3) is 0.455. The Labute approximate surface area is 110 Å². The van der Waals surface area contributed by atoms with Crippen molar-refractivity contribution in [2.24, 2.45) is 0 Å². The largest absolute Gasteiger partial charge is 0.383 e. The van der Waals surface area contributed by atoms with Crippen LogP contribution in [0, 0.1) is 10.1 Å². The Morgan fingerprint density at radius 3 is 2.83 bits per heavy atom. The maximum Gasteiger partial charge on any atom is 0.289 e. The molecule has 0 fully saturated rings. The number of nitro benzene ring substituents is 1. The molecule has 1 aromatic rings. The lowest BCUT2D eigenvalue weighted by molar-refractivity contribution is -0.384. The van der Waals surface area contributed by atoms with Crippen LogP contribution in [-0.2, 0) is 9.47 Å². The molecule has 0 aliphatic heterocycles. The minimum atomic E-state index is -0.511. The molecule has 0 aromatic heterocycles. The smallest absolute Gasteiger partial charge is 0.289 e. The van der Waals surface area contributed by atoms with Gasteiger partial charge in [0.25, 0.3) is 5.69 Å². The summed E-state index contributed by atoms with van der Waals surface area (Å²) in [6.07, 6.45) is 0. The lowest BCUT2D eigenvalue weighted by Gasteiger charge is -2.07. The van der Waals surface area contributed by atoms with Crippen molar-refractivity contribution in [2.75, 3.05) is 38.8 Å². The van der Waals surface area contributed by atoms with Crippen molar-refractivity contribution in [3.05, 3.63) is 33.3 Å². The number of nitrogens with one attached hydrogen (secondary N) is 1. The number of rotatable bonds is 8. The van der Waals surface area contributed by atoms with Gasteiger partial charge in [0.05, 0.1) is 24.7 Å². The Balaban J connectivity index is 2.38. The van der Waals surface area contributed by atoms with E-state index < -0.39 is 4.92 Å². The maximum absolute atomic E-state index is 10.7. The number of methoxy groups -OCH3 is 1. The maximum atomic E-state index is 10.7. The third-order valence-electron chi connectivity index (χ3n) is 2.15. The summed E-state index contributed by atoms with van der Waals surface area (Å²) in [5.41, 5.74) is 0.531. The third-order valence-corrected chi connectivity index (χ3v) is 2.47. The molecule has 1 N–H and O–H groups in total. The number of nitrogens with zero attached hydrogens (tertiary/aromatic N) is 1. The van der Waals surface area contributed by atoms with Gasteiger partial charge in [-0.2, -0.15) is 0 Å². The summed E-state index contributed by atoms with van der Waals surface area (Å²) in [5, 5.41) is 13.8. The molecule has 1 aromatic carbocycles. The number of halogens is 1. The van der Waals surface area contributed by atoms with Gasteiger partial charge in [-0.15, -0.1) is 0 Å². The van der Waals surface area contributed by atoms with Crippen molar-refractivity contribution in [2.45, 2.75) is 0 Å². The second-order valence-electron chi connectivity index (χ2n) is 3.46. The Morgan fingerprint density at radius 1 is 1.39 bits per heavy atom. The van der Waals surface area contributed by atoms with E-state index in [0.717, 1.165) is 0 Å². The van der Waals surface area contributed by atoms with E-state index in [1.54, 1.807) is 13.2 Å². The summed E-state index contributed by atoms with van der Waals surface area (Å²) in [6.45, 7) is 2.13. The van der Waals surface area contributed by atoms with Gasteiger partial charge in [-0.05, 0) is 12.1 Å². The summed E-state index contributed by atoms with van der Waals surface area (Å²) in [5.74, 6) is 0. The van der Waals surface area contributed by atoms with E-state index in [0.29, 0.717) is 32.1 Å². The molecule has 0 aliphatic rings. The second kappa shape index (κ2) is 7.86. The zero-order valence-electron chi connectivity index (χ0n) is 10.0. The summed E-state index contributed by atoms with van der Waals surface area (Å²) >= 11 is 5.70. The van der Waals surface area contributed by atoms with E-state index in [2.05, 4.69) is 5.32 Å². The van der Waals surface area contributed by atoms with Crippen LogP contribution in [0.5, 0.6) is 0 Å². The van der Waals surface area contributed by atoms with Crippen LogP contribution in [0.15, 0.2) is 18.2 Å². The van der Waals surface area contributed by atoms with E-state index in [-0.39, 0.29) is 10.7 Å². The highest BCUT2D eigenvalue weighted by atomic mass is 35.5. The quantitative estimate of drug-likeness (QED) is 0.447. The normalized spacial score (nSPS) is 10.3. The Kier molecular flexibility index (Phi) is 6.42. The summed E-state index contributed by atoms with van der Waals surface area (Å²) in [7, 11) is 1.61. The zero-order valence-corrected chi connectivity index (χ0v) is 10.8. The Bertz CT molecular complexity index is 401. The van der Waals surface area contributed by atoms with Gasteiger partial charge in [-0.25, -0.2) is 0 Å². The minimum Gasteiger partial charge on any atom is -0.383 e. The number of nitro groups is 1. The van der Waals surface area contributed by atoms with Gasteiger partial charge in [-0.1, -0.05) is 11.6 Å². The lowest BCUT2D eigenvalue weighted by atomic mass is 10.3. The van der Waals surface area contributed by atoms with Gasteiger partial charge in [0.2, 0.25) is 0 Å². The van der Waals surface area contributed by atoms with Crippen LogP contribution in [0.25, 0.3) is 0 Å². The monoisotopic (exact) mass is 274 g/mol. The molecule has 0 amide bonds. The Morgan fingerprint density at radius 2 is 2.17 bits per heavy atom. The van der Waals surface area contributed by atoms with E-state index in [1.165, 1.54) is 12.1 Å². The number of anilines is 1. The molecule has 0 bridgehead atoms. The average molecular weight is 275 g/mol. The fourth-order valence-corrected chi connectivity index (χ4v) is 1.46. The topological polar surface area (TPSA) is 73.6 Å². The second-order valence-corrected chi connectivity index (χ2v) is 3.86. The van der Waals surface area contributed by atoms with E-state index in [4.69, 9.17) is 21.1 Å². The molecule has 0 unspecified atom stereocenters. The summed E-state index contributed by atoms with van der Waals surface area (Å²) in [4.78, 5) is 10.2. The number of hydrogen-bond acceptors (Lipinski definition) is 5. The first-order chi connectivity index (χ1) is 8.65. The molecule has 18 heavy (non-hydrogen) atoms. The van der Waals surface area contributed by atoms with E-state index in [9.17, 15) is 10.1 Å². The molecule has 0 atom stereocenters. The van der Waals surface area contributed by atoms with Crippen LogP contribution in [0.4, 0.5) is 11.4 Å². The van der Waals surface area contributed by atoms with Gasteiger partial charge in [0.1, 0.15) is 5.02 Å². The summed E-state index contributed by atoms with van der Waals surface area (Å²) < 4.78 is 10.1.